The molecule has 0 radical (unpaired) electrons. The number of hydrogen-bond donors (Lipinski definition) is 2. The number of carbonyl (C=O) groups is 1. The van der Waals surface area contributed by atoms with Crippen LogP contribution in [0.4, 0.5) is 13.2 Å². The number of aromatic nitrogens is 4. The molecule has 150 valence electrons. The number of alkyl halides is 3. The van der Waals surface area contributed by atoms with Gasteiger partial charge < -0.3 is 10.6 Å². The maximum Gasteiger partial charge on any atom is 0.434 e. The SMILES string of the molecule is Cc1c(C(=O)NCCc2nc(C(F)(F)F)cs2)nnn1C1CCNCC1.Cl. The summed E-state index contributed by atoms with van der Waals surface area (Å²) < 4.78 is 39.4. The number of carbonyl (C=O) groups excluding carboxylic acids is 1. The summed E-state index contributed by atoms with van der Waals surface area (Å²) in [4.78, 5) is 15.8. The van der Waals surface area contributed by atoms with Crippen LogP contribution in [0.25, 0.3) is 0 Å². The largest absolute Gasteiger partial charge is 0.434 e. The average molecular weight is 425 g/mol. The fraction of sp³-hybridized carbons (Fsp3) is 0.600. The first kappa shape index (κ1) is 21.6. The van der Waals surface area contributed by atoms with Crippen LogP contribution in [-0.4, -0.2) is 45.5 Å². The lowest BCUT2D eigenvalue weighted by Gasteiger charge is -2.23. The zero-order chi connectivity index (χ0) is 18.7. The van der Waals surface area contributed by atoms with Crippen LogP contribution in [0, 0.1) is 6.92 Å². The predicted octanol–water partition coefficient (Wildman–Crippen LogP) is 2.38. The number of piperidine rings is 1. The molecule has 1 saturated heterocycles. The summed E-state index contributed by atoms with van der Waals surface area (Å²) in [5.74, 6) is -0.379. The Morgan fingerprint density at radius 2 is 2.11 bits per heavy atom. The molecular formula is C15H20ClF3N6OS. The van der Waals surface area contributed by atoms with Crippen molar-refractivity contribution in [1.82, 2.24) is 30.6 Å². The molecule has 0 unspecified atom stereocenters. The van der Waals surface area contributed by atoms with Gasteiger partial charge in [-0.25, -0.2) is 9.67 Å². The molecule has 2 aromatic heterocycles. The molecule has 7 nitrogen and oxygen atoms in total. The molecule has 27 heavy (non-hydrogen) atoms. The summed E-state index contributed by atoms with van der Waals surface area (Å²) in [7, 11) is 0. The van der Waals surface area contributed by atoms with Crippen LogP contribution in [0.15, 0.2) is 5.38 Å². The Kier molecular flexibility index (Phi) is 7.18. The Morgan fingerprint density at radius 1 is 1.41 bits per heavy atom. The highest BCUT2D eigenvalue weighted by Gasteiger charge is 2.33. The van der Waals surface area contributed by atoms with Crippen molar-refractivity contribution in [1.29, 1.82) is 0 Å². The maximum atomic E-state index is 12.5. The van der Waals surface area contributed by atoms with Gasteiger partial charge in [0, 0.05) is 18.3 Å². The molecule has 3 heterocycles. The van der Waals surface area contributed by atoms with E-state index < -0.39 is 11.9 Å². The molecule has 0 aromatic carbocycles. The molecule has 1 fully saturated rings. The molecular weight excluding hydrogens is 405 g/mol. The van der Waals surface area contributed by atoms with Crippen LogP contribution < -0.4 is 10.6 Å². The molecule has 2 N–H and O–H groups in total. The Labute approximate surface area is 164 Å². The van der Waals surface area contributed by atoms with Gasteiger partial charge in [0.1, 0.15) is 0 Å². The molecule has 1 aliphatic heterocycles. The number of rotatable bonds is 5. The van der Waals surface area contributed by atoms with E-state index in [4.69, 9.17) is 0 Å². The van der Waals surface area contributed by atoms with Crippen molar-refractivity contribution in [2.75, 3.05) is 19.6 Å². The second-order valence-electron chi connectivity index (χ2n) is 6.08. The summed E-state index contributed by atoms with van der Waals surface area (Å²) in [5.41, 5.74) is 0.0474. The number of nitrogens with one attached hydrogen (secondary N) is 2. The quantitative estimate of drug-likeness (QED) is 0.769. The third-order valence-corrected chi connectivity index (χ3v) is 5.17. The van der Waals surface area contributed by atoms with Gasteiger partial charge in [0.25, 0.3) is 5.91 Å². The van der Waals surface area contributed by atoms with E-state index in [0.29, 0.717) is 10.7 Å². The molecule has 0 saturated carbocycles. The standard InChI is InChI=1S/C15H19F3N6OS.ClH/c1-9-13(22-23-24(9)10-2-5-19-6-3-10)14(25)20-7-4-12-21-11(8-26-12)15(16,17)18;/h8,10,19H,2-7H2,1H3,(H,20,25);1H. The Hall–Kier alpha value is -1.72. The van der Waals surface area contributed by atoms with Crippen LogP contribution in [-0.2, 0) is 12.6 Å². The van der Waals surface area contributed by atoms with Crippen molar-refractivity contribution in [3.05, 3.63) is 27.5 Å². The molecule has 1 aliphatic rings. The third kappa shape index (κ3) is 5.17. The van der Waals surface area contributed by atoms with Crippen LogP contribution in [0.5, 0.6) is 0 Å². The summed E-state index contributed by atoms with van der Waals surface area (Å²) in [5, 5.41) is 15.3. The van der Waals surface area contributed by atoms with Crippen molar-refractivity contribution in [2.45, 2.75) is 38.4 Å². The number of amides is 1. The third-order valence-electron chi connectivity index (χ3n) is 4.26. The smallest absolute Gasteiger partial charge is 0.350 e. The number of thiazole rings is 1. The molecule has 2 aromatic rings. The summed E-state index contributed by atoms with van der Waals surface area (Å²) >= 11 is 0.930. The van der Waals surface area contributed by atoms with Gasteiger partial charge in [0.15, 0.2) is 11.4 Å². The minimum Gasteiger partial charge on any atom is -0.350 e. The van der Waals surface area contributed by atoms with Crippen molar-refractivity contribution >= 4 is 29.7 Å². The van der Waals surface area contributed by atoms with E-state index in [1.54, 1.807) is 11.6 Å². The van der Waals surface area contributed by atoms with Crippen molar-refractivity contribution in [2.24, 2.45) is 0 Å². The van der Waals surface area contributed by atoms with Crippen molar-refractivity contribution in [3.8, 4) is 0 Å². The van der Waals surface area contributed by atoms with Crippen molar-refractivity contribution < 1.29 is 18.0 Å². The monoisotopic (exact) mass is 424 g/mol. The molecule has 0 aliphatic carbocycles. The molecule has 0 spiro atoms. The normalized spacial score (nSPS) is 15.4. The fourth-order valence-corrected chi connectivity index (χ4v) is 3.68. The van der Waals surface area contributed by atoms with Crippen LogP contribution in [0.1, 0.15) is 45.8 Å². The van der Waals surface area contributed by atoms with Gasteiger partial charge >= 0.3 is 6.18 Å². The average Bonchev–Trinajstić information content (AvgIpc) is 3.22. The Morgan fingerprint density at radius 3 is 2.74 bits per heavy atom. The van der Waals surface area contributed by atoms with E-state index in [0.717, 1.165) is 42.6 Å². The van der Waals surface area contributed by atoms with Gasteiger partial charge in [-0.2, -0.15) is 13.2 Å². The zero-order valence-electron chi connectivity index (χ0n) is 14.5. The number of nitrogens with zero attached hydrogens (tertiary/aromatic N) is 4. The number of halogens is 4. The molecule has 0 bridgehead atoms. The first-order valence-corrected chi connectivity index (χ1v) is 9.16. The van der Waals surface area contributed by atoms with Gasteiger partial charge in [0.2, 0.25) is 0 Å². The fourth-order valence-electron chi connectivity index (χ4n) is 2.87. The van der Waals surface area contributed by atoms with E-state index in [1.165, 1.54) is 0 Å². The van der Waals surface area contributed by atoms with Crippen LogP contribution in [0.3, 0.4) is 0 Å². The van der Waals surface area contributed by atoms with Crippen LogP contribution in [0.2, 0.25) is 0 Å². The van der Waals surface area contributed by atoms with Crippen LogP contribution >= 0.6 is 23.7 Å². The van der Waals surface area contributed by atoms with Gasteiger partial charge in [-0.05, 0) is 32.9 Å². The minimum atomic E-state index is -4.44. The van der Waals surface area contributed by atoms with E-state index in [1.807, 2.05) is 0 Å². The second kappa shape index (κ2) is 8.98. The predicted molar refractivity (Wildman–Crippen MR) is 96.3 cm³/mol. The zero-order valence-corrected chi connectivity index (χ0v) is 16.2. The lowest BCUT2D eigenvalue weighted by atomic mass is 10.1. The lowest BCUT2D eigenvalue weighted by molar-refractivity contribution is -0.140. The van der Waals surface area contributed by atoms with E-state index in [9.17, 15) is 18.0 Å². The van der Waals surface area contributed by atoms with Gasteiger partial charge in [-0.1, -0.05) is 5.21 Å². The first-order valence-electron chi connectivity index (χ1n) is 8.28. The minimum absolute atomic E-state index is 0. The molecule has 3 rings (SSSR count). The summed E-state index contributed by atoms with van der Waals surface area (Å²) in [6, 6.07) is 0.224. The van der Waals surface area contributed by atoms with Gasteiger partial charge in [-0.15, -0.1) is 28.8 Å². The summed E-state index contributed by atoms with van der Waals surface area (Å²) in [6.45, 7) is 3.79. The molecule has 12 heteroatoms. The van der Waals surface area contributed by atoms with E-state index in [2.05, 4.69) is 25.9 Å². The topological polar surface area (TPSA) is 84.7 Å². The highest BCUT2D eigenvalue weighted by molar-refractivity contribution is 7.09. The number of hydrogen-bond acceptors (Lipinski definition) is 6. The lowest BCUT2D eigenvalue weighted by Crippen LogP contribution is -2.30. The molecule has 0 atom stereocenters. The summed E-state index contributed by atoms with van der Waals surface area (Å²) in [6.07, 6.45) is -2.36. The molecule has 1 amide bonds. The van der Waals surface area contributed by atoms with Gasteiger partial charge in [-0.3, -0.25) is 4.79 Å². The Bertz CT molecular complexity index is 772. The highest BCUT2D eigenvalue weighted by Crippen LogP contribution is 2.30. The van der Waals surface area contributed by atoms with E-state index >= 15 is 0 Å². The first-order chi connectivity index (χ1) is 12.4. The highest BCUT2D eigenvalue weighted by atomic mass is 35.5. The van der Waals surface area contributed by atoms with Gasteiger partial charge in [0.05, 0.1) is 16.7 Å². The van der Waals surface area contributed by atoms with Crippen molar-refractivity contribution in [3.63, 3.8) is 0 Å². The Balaban J connectivity index is 0.00000261. The van der Waals surface area contributed by atoms with E-state index in [-0.39, 0.29) is 43.0 Å². The maximum absolute atomic E-state index is 12.5. The second-order valence-corrected chi connectivity index (χ2v) is 7.02.